The molecule has 1 aromatic carbocycles. The first-order chi connectivity index (χ1) is 8.58. The average Bonchev–Trinajstić information content (AvgIpc) is 2.84. The number of carbonyl (C=O) groups is 2. The van der Waals surface area contributed by atoms with Gasteiger partial charge in [0.1, 0.15) is 0 Å². The van der Waals surface area contributed by atoms with Crippen LogP contribution in [0.3, 0.4) is 0 Å². The minimum absolute atomic E-state index is 0.00236. The molecule has 1 aliphatic heterocycles. The van der Waals surface area contributed by atoms with Crippen LogP contribution in [0.2, 0.25) is 0 Å². The van der Waals surface area contributed by atoms with Crippen molar-refractivity contribution in [1.29, 1.82) is 0 Å². The van der Waals surface area contributed by atoms with Gasteiger partial charge in [-0.25, -0.2) is 9.59 Å². The van der Waals surface area contributed by atoms with E-state index in [4.69, 9.17) is 10.8 Å². The van der Waals surface area contributed by atoms with E-state index in [-0.39, 0.29) is 17.3 Å². The van der Waals surface area contributed by atoms with Gasteiger partial charge in [0.25, 0.3) is 0 Å². The zero-order chi connectivity index (χ0) is 13.1. The van der Waals surface area contributed by atoms with Crippen LogP contribution in [0.1, 0.15) is 23.2 Å². The van der Waals surface area contributed by atoms with Gasteiger partial charge >= 0.3 is 12.0 Å². The molecule has 0 aromatic heterocycles. The Morgan fingerprint density at radius 1 is 1.28 bits per heavy atom. The van der Waals surface area contributed by atoms with E-state index in [0.29, 0.717) is 18.8 Å². The number of carbonyl (C=O) groups excluding carboxylic acids is 1. The van der Waals surface area contributed by atoms with Gasteiger partial charge in [-0.15, -0.1) is 0 Å². The fraction of sp³-hybridized carbons (Fsp3) is 0.333. The van der Waals surface area contributed by atoms with E-state index in [1.807, 2.05) is 0 Å². The van der Waals surface area contributed by atoms with Crippen molar-refractivity contribution in [1.82, 2.24) is 4.90 Å². The molecule has 4 N–H and O–H groups in total. The quantitative estimate of drug-likeness (QED) is 0.693. The molecular formula is C12H15N3O3. The van der Waals surface area contributed by atoms with Crippen molar-refractivity contribution in [3.63, 3.8) is 0 Å². The molecule has 1 aliphatic rings. The average molecular weight is 249 g/mol. The van der Waals surface area contributed by atoms with Crippen molar-refractivity contribution in [3.8, 4) is 0 Å². The maximum absolute atomic E-state index is 11.9. The summed E-state index contributed by atoms with van der Waals surface area (Å²) in [5.41, 5.74) is 6.16. The summed E-state index contributed by atoms with van der Waals surface area (Å²) in [5, 5.41) is 11.7. The zero-order valence-electron chi connectivity index (χ0n) is 9.85. The predicted molar refractivity (Wildman–Crippen MR) is 67.6 cm³/mol. The van der Waals surface area contributed by atoms with E-state index in [0.717, 1.165) is 12.8 Å². The van der Waals surface area contributed by atoms with E-state index in [2.05, 4.69) is 5.32 Å². The van der Waals surface area contributed by atoms with Gasteiger partial charge in [-0.05, 0) is 31.0 Å². The zero-order valence-corrected chi connectivity index (χ0v) is 9.85. The molecule has 96 valence electrons. The van der Waals surface area contributed by atoms with Gasteiger partial charge in [0.15, 0.2) is 0 Å². The summed E-state index contributed by atoms with van der Waals surface area (Å²) in [5.74, 6) is -1.11. The highest BCUT2D eigenvalue weighted by Gasteiger charge is 2.20. The lowest BCUT2D eigenvalue weighted by molar-refractivity contribution is 0.0698. The number of anilines is 2. The summed E-state index contributed by atoms with van der Waals surface area (Å²) in [6.45, 7) is 1.42. The maximum atomic E-state index is 11.9. The van der Waals surface area contributed by atoms with Crippen LogP contribution in [0.4, 0.5) is 16.2 Å². The van der Waals surface area contributed by atoms with Gasteiger partial charge in [-0.2, -0.15) is 0 Å². The first-order valence-electron chi connectivity index (χ1n) is 5.76. The topological polar surface area (TPSA) is 95.7 Å². The van der Waals surface area contributed by atoms with Crippen molar-refractivity contribution in [2.24, 2.45) is 0 Å². The molecule has 0 atom stereocenters. The van der Waals surface area contributed by atoms with Crippen LogP contribution in [0.15, 0.2) is 18.2 Å². The molecule has 2 amide bonds. The van der Waals surface area contributed by atoms with Gasteiger partial charge in [-0.3, -0.25) is 0 Å². The van der Waals surface area contributed by atoms with Crippen molar-refractivity contribution >= 4 is 23.4 Å². The molecule has 1 fully saturated rings. The van der Waals surface area contributed by atoms with Gasteiger partial charge in [0.05, 0.1) is 11.3 Å². The maximum Gasteiger partial charge on any atom is 0.337 e. The number of nitrogens with one attached hydrogen (secondary N) is 1. The molecule has 0 saturated carbocycles. The van der Waals surface area contributed by atoms with Crippen LogP contribution in [-0.4, -0.2) is 35.1 Å². The monoisotopic (exact) mass is 249 g/mol. The predicted octanol–water partition coefficient (Wildman–Crippen LogP) is 1.59. The van der Waals surface area contributed by atoms with Crippen LogP contribution in [-0.2, 0) is 0 Å². The summed E-state index contributed by atoms with van der Waals surface area (Å²) in [4.78, 5) is 24.6. The molecule has 0 unspecified atom stereocenters. The smallest absolute Gasteiger partial charge is 0.337 e. The molecule has 0 aliphatic carbocycles. The van der Waals surface area contributed by atoms with Gasteiger partial charge < -0.3 is 21.1 Å². The minimum atomic E-state index is -1.11. The molecule has 6 heteroatoms. The lowest BCUT2D eigenvalue weighted by atomic mass is 10.1. The summed E-state index contributed by atoms with van der Waals surface area (Å²) in [7, 11) is 0. The van der Waals surface area contributed by atoms with Crippen molar-refractivity contribution in [2.45, 2.75) is 12.8 Å². The number of aromatic carboxylic acids is 1. The van der Waals surface area contributed by atoms with Crippen LogP contribution in [0.5, 0.6) is 0 Å². The normalized spacial score (nSPS) is 14.6. The number of benzene rings is 1. The SMILES string of the molecule is Nc1ccc(NC(=O)N2CCCC2)c(C(=O)O)c1. The Morgan fingerprint density at radius 2 is 1.94 bits per heavy atom. The second-order valence-corrected chi connectivity index (χ2v) is 4.23. The number of nitrogens with zero attached hydrogens (tertiary/aromatic N) is 1. The van der Waals surface area contributed by atoms with Crippen LogP contribution in [0.25, 0.3) is 0 Å². The Labute approximate surface area is 104 Å². The molecule has 1 heterocycles. The summed E-state index contributed by atoms with van der Waals surface area (Å²) >= 11 is 0. The number of nitrogens with two attached hydrogens (primary N) is 1. The van der Waals surface area contributed by atoms with Crippen LogP contribution >= 0.6 is 0 Å². The number of rotatable bonds is 2. The molecule has 1 saturated heterocycles. The van der Waals surface area contributed by atoms with Gasteiger partial charge in [0.2, 0.25) is 0 Å². The first kappa shape index (κ1) is 12.2. The van der Waals surface area contributed by atoms with E-state index >= 15 is 0 Å². The number of nitrogen functional groups attached to an aromatic ring is 1. The number of likely N-dealkylation sites (tertiary alicyclic amines) is 1. The number of carboxylic acids is 1. The third-order valence-electron chi connectivity index (χ3n) is 2.91. The Hall–Kier alpha value is -2.24. The summed E-state index contributed by atoms with van der Waals surface area (Å²) < 4.78 is 0. The molecule has 2 rings (SSSR count). The Balaban J connectivity index is 2.17. The molecule has 0 radical (unpaired) electrons. The fourth-order valence-electron chi connectivity index (χ4n) is 1.96. The molecule has 1 aromatic rings. The Bertz CT molecular complexity index is 481. The number of urea groups is 1. The van der Waals surface area contributed by atoms with E-state index in [1.54, 1.807) is 11.0 Å². The van der Waals surface area contributed by atoms with Crippen molar-refractivity contribution in [2.75, 3.05) is 24.1 Å². The van der Waals surface area contributed by atoms with Gasteiger partial charge in [-0.1, -0.05) is 0 Å². The van der Waals surface area contributed by atoms with E-state index in [9.17, 15) is 9.59 Å². The highest BCUT2D eigenvalue weighted by molar-refractivity contribution is 6.00. The highest BCUT2D eigenvalue weighted by Crippen LogP contribution is 2.20. The summed E-state index contributed by atoms with van der Waals surface area (Å²) in [6, 6.07) is 4.14. The number of carboxylic acid groups (broad SMARTS) is 1. The second-order valence-electron chi connectivity index (χ2n) is 4.23. The van der Waals surface area contributed by atoms with Crippen LogP contribution < -0.4 is 11.1 Å². The largest absolute Gasteiger partial charge is 0.478 e. The molecular weight excluding hydrogens is 234 g/mol. The number of amides is 2. The lowest BCUT2D eigenvalue weighted by Gasteiger charge is -2.17. The fourth-order valence-corrected chi connectivity index (χ4v) is 1.96. The standard InChI is InChI=1S/C12H15N3O3/c13-8-3-4-10(9(7-8)11(16)17)14-12(18)15-5-1-2-6-15/h3-4,7H,1-2,5-6,13H2,(H,14,18)(H,16,17). The second kappa shape index (κ2) is 4.95. The first-order valence-corrected chi connectivity index (χ1v) is 5.76. The Kier molecular flexibility index (Phi) is 3.36. The van der Waals surface area contributed by atoms with Crippen molar-refractivity contribution in [3.05, 3.63) is 23.8 Å². The molecule has 0 bridgehead atoms. The van der Waals surface area contributed by atoms with E-state index in [1.165, 1.54) is 12.1 Å². The molecule has 18 heavy (non-hydrogen) atoms. The Morgan fingerprint density at radius 3 is 2.56 bits per heavy atom. The van der Waals surface area contributed by atoms with Gasteiger partial charge in [0, 0.05) is 18.8 Å². The molecule has 6 nitrogen and oxygen atoms in total. The third-order valence-corrected chi connectivity index (χ3v) is 2.91. The van der Waals surface area contributed by atoms with Crippen LogP contribution in [0, 0.1) is 0 Å². The lowest BCUT2D eigenvalue weighted by Crippen LogP contribution is -2.32. The van der Waals surface area contributed by atoms with E-state index < -0.39 is 5.97 Å². The summed E-state index contributed by atoms with van der Waals surface area (Å²) in [6.07, 6.45) is 1.97. The number of hydrogen-bond acceptors (Lipinski definition) is 3. The minimum Gasteiger partial charge on any atom is -0.478 e. The van der Waals surface area contributed by atoms with Crippen molar-refractivity contribution < 1.29 is 14.7 Å². The molecule has 0 spiro atoms. The number of hydrogen-bond donors (Lipinski definition) is 3. The third kappa shape index (κ3) is 2.53. The highest BCUT2D eigenvalue weighted by atomic mass is 16.4.